The minimum atomic E-state index is -0.342. The van der Waals surface area contributed by atoms with Crippen LogP contribution in [0.4, 0.5) is 0 Å². The van der Waals surface area contributed by atoms with Crippen molar-refractivity contribution in [2.45, 2.75) is 41.8 Å². The van der Waals surface area contributed by atoms with Gasteiger partial charge in [-0.15, -0.1) is 38.1 Å². The Morgan fingerprint density at radius 1 is 0.711 bits per heavy atom. The van der Waals surface area contributed by atoms with Gasteiger partial charge in [0.15, 0.2) is 0 Å². The lowest BCUT2D eigenvalue weighted by atomic mass is 9.94. The van der Waals surface area contributed by atoms with Gasteiger partial charge in [-0.3, -0.25) is 0 Å². The van der Waals surface area contributed by atoms with Crippen LogP contribution in [-0.4, -0.2) is 61.7 Å². The number of hydrogen-bond acceptors (Lipinski definition) is 6. The SMILES string of the molecule is C=CCOC[C@H]1S[C@@H](c2cccc(Cc3ccc(CO)cc3)c2)[C@H](OCC=C)[C@@H](OCC=C)[C@@H]1OCC=C. The Morgan fingerprint density at radius 3 is 1.95 bits per heavy atom. The van der Waals surface area contributed by atoms with E-state index in [0.29, 0.717) is 33.0 Å². The molecule has 0 aliphatic carbocycles. The summed E-state index contributed by atoms with van der Waals surface area (Å²) in [7, 11) is 0. The molecule has 0 aromatic heterocycles. The summed E-state index contributed by atoms with van der Waals surface area (Å²) < 4.78 is 24.9. The fraction of sp³-hybridized carbons (Fsp3) is 0.375. The highest BCUT2D eigenvalue weighted by Gasteiger charge is 2.48. The third kappa shape index (κ3) is 8.53. The third-order valence-corrected chi connectivity index (χ3v) is 7.85. The van der Waals surface area contributed by atoms with Gasteiger partial charge in [-0.1, -0.05) is 72.8 Å². The molecule has 2 aromatic rings. The summed E-state index contributed by atoms with van der Waals surface area (Å²) in [6.45, 7) is 17.5. The van der Waals surface area contributed by atoms with Gasteiger partial charge in [-0.2, -0.15) is 0 Å². The molecule has 0 spiro atoms. The summed E-state index contributed by atoms with van der Waals surface area (Å²) in [4.78, 5) is 0. The maximum atomic E-state index is 9.35. The van der Waals surface area contributed by atoms with Crippen LogP contribution in [0.3, 0.4) is 0 Å². The van der Waals surface area contributed by atoms with E-state index in [9.17, 15) is 5.11 Å². The molecule has 6 heteroatoms. The van der Waals surface area contributed by atoms with Crippen LogP contribution >= 0.6 is 11.8 Å². The topological polar surface area (TPSA) is 57.2 Å². The Labute approximate surface area is 231 Å². The summed E-state index contributed by atoms with van der Waals surface area (Å²) in [5.74, 6) is 0. The van der Waals surface area contributed by atoms with Gasteiger partial charge in [0.2, 0.25) is 0 Å². The Balaban J connectivity index is 1.94. The second-order valence-electron chi connectivity index (χ2n) is 9.08. The van der Waals surface area contributed by atoms with Crippen LogP contribution in [0.25, 0.3) is 0 Å². The number of hydrogen-bond donors (Lipinski definition) is 1. The molecular weight excluding hydrogens is 496 g/mol. The molecule has 1 heterocycles. The van der Waals surface area contributed by atoms with E-state index in [4.69, 9.17) is 18.9 Å². The number of aliphatic hydroxyl groups is 1. The third-order valence-electron chi connectivity index (χ3n) is 6.26. The second kappa shape index (κ2) is 16.5. The van der Waals surface area contributed by atoms with Crippen LogP contribution in [0.5, 0.6) is 0 Å². The second-order valence-corrected chi connectivity index (χ2v) is 10.5. The van der Waals surface area contributed by atoms with Crippen LogP contribution in [0.1, 0.15) is 27.5 Å². The molecule has 3 rings (SSSR count). The van der Waals surface area contributed by atoms with Gasteiger partial charge in [0, 0.05) is 0 Å². The van der Waals surface area contributed by atoms with E-state index in [0.717, 1.165) is 17.5 Å². The predicted octanol–water partition coefficient (Wildman–Crippen LogP) is 5.84. The highest BCUT2D eigenvalue weighted by atomic mass is 32.2. The van der Waals surface area contributed by atoms with Gasteiger partial charge in [0.1, 0.15) is 18.3 Å². The molecule has 1 aliphatic heterocycles. The summed E-state index contributed by atoms with van der Waals surface area (Å²) in [6.07, 6.45) is 6.93. The van der Waals surface area contributed by atoms with Gasteiger partial charge in [-0.05, 0) is 28.7 Å². The van der Waals surface area contributed by atoms with Gasteiger partial charge in [-0.25, -0.2) is 0 Å². The summed E-state index contributed by atoms with van der Waals surface area (Å²) in [6, 6.07) is 16.7. The van der Waals surface area contributed by atoms with Crippen molar-refractivity contribution in [3.05, 3.63) is 121 Å². The van der Waals surface area contributed by atoms with Crippen LogP contribution in [-0.2, 0) is 32.0 Å². The minimum absolute atomic E-state index is 0.00739. The molecule has 0 radical (unpaired) electrons. The standard InChI is InChI=1S/C32H40O5S/c1-5-16-34-23-28-29(35-17-6-2)30(36-18-7-3)31(37-19-8-4)32(38-28)27-11-9-10-26(21-27)20-24-12-14-25(22-33)15-13-24/h5-15,21,28-33H,1-4,16-20,22-23H2/t28-,29-,30+,31-,32+/m1/s1. The summed E-state index contributed by atoms with van der Waals surface area (Å²) in [5.41, 5.74) is 4.47. The molecule has 1 saturated heterocycles. The van der Waals surface area contributed by atoms with E-state index in [1.54, 1.807) is 36.1 Å². The van der Waals surface area contributed by atoms with E-state index >= 15 is 0 Å². The highest BCUT2D eigenvalue weighted by Crippen LogP contribution is 2.47. The molecule has 1 fully saturated rings. The Kier molecular flexibility index (Phi) is 13.1. The van der Waals surface area contributed by atoms with Crippen molar-refractivity contribution >= 4 is 11.8 Å². The van der Waals surface area contributed by atoms with Gasteiger partial charge in [0.05, 0.1) is 50.1 Å². The molecule has 0 saturated carbocycles. The van der Waals surface area contributed by atoms with Crippen molar-refractivity contribution in [3.63, 3.8) is 0 Å². The van der Waals surface area contributed by atoms with Crippen LogP contribution in [0.2, 0.25) is 0 Å². The van der Waals surface area contributed by atoms with Crippen LogP contribution in [0.15, 0.2) is 99.2 Å². The first-order valence-corrected chi connectivity index (χ1v) is 13.9. The summed E-state index contributed by atoms with van der Waals surface area (Å²) in [5, 5.41) is 9.35. The fourth-order valence-electron chi connectivity index (χ4n) is 4.57. The quantitative estimate of drug-likeness (QED) is 0.202. The normalized spacial score (nSPS) is 23.0. The van der Waals surface area contributed by atoms with E-state index in [1.807, 2.05) is 12.1 Å². The molecule has 2 aromatic carbocycles. The maximum absolute atomic E-state index is 9.35. The monoisotopic (exact) mass is 536 g/mol. The molecule has 1 N–H and O–H groups in total. The van der Waals surface area contributed by atoms with Crippen molar-refractivity contribution in [3.8, 4) is 0 Å². The lowest BCUT2D eigenvalue weighted by molar-refractivity contribution is -0.136. The number of benzene rings is 2. The zero-order valence-electron chi connectivity index (χ0n) is 22.1. The lowest BCUT2D eigenvalue weighted by Gasteiger charge is -2.46. The average Bonchev–Trinajstić information content (AvgIpc) is 2.95. The van der Waals surface area contributed by atoms with Crippen molar-refractivity contribution in [2.24, 2.45) is 0 Å². The molecule has 38 heavy (non-hydrogen) atoms. The van der Waals surface area contributed by atoms with Crippen molar-refractivity contribution in [1.29, 1.82) is 0 Å². The molecular formula is C32H40O5S. The van der Waals surface area contributed by atoms with E-state index in [1.165, 1.54) is 11.1 Å². The first-order chi connectivity index (χ1) is 18.6. The zero-order valence-corrected chi connectivity index (χ0v) is 22.9. The molecule has 1 aliphatic rings. The van der Waals surface area contributed by atoms with Gasteiger partial charge in [0.25, 0.3) is 0 Å². The molecule has 0 unspecified atom stereocenters. The maximum Gasteiger partial charge on any atom is 0.113 e. The molecule has 5 nitrogen and oxygen atoms in total. The number of thioether (sulfide) groups is 1. The van der Waals surface area contributed by atoms with Crippen molar-refractivity contribution in [1.82, 2.24) is 0 Å². The smallest absolute Gasteiger partial charge is 0.113 e. The first kappa shape index (κ1) is 30.1. The molecule has 0 amide bonds. The number of ether oxygens (including phenoxy) is 4. The minimum Gasteiger partial charge on any atom is -0.392 e. The van der Waals surface area contributed by atoms with E-state index in [2.05, 4.69) is 62.7 Å². The van der Waals surface area contributed by atoms with Gasteiger partial charge < -0.3 is 24.1 Å². The van der Waals surface area contributed by atoms with E-state index < -0.39 is 0 Å². The Hall–Kier alpha value is -2.45. The highest BCUT2D eigenvalue weighted by molar-refractivity contribution is 8.00. The predicted molar refractivity (Wildman–Crippen MR) is 157 cm³/mol. The van der Waals surface area contributed by atoms with Gasteiger partial charge >= 0.3 is 0 Å². The van der Waals surface area contributed by atoms with Crippen LogP contribution in [0, 0.1) is 0 Å². The van der Waals surface area contributed by atoms with Crippen LogP contribution < -0.4 is 0 Å². The lowest BCUT2D eigenvalue weighted by Crippen LogP contribution is -2.55. The first-order valence-electron chi connectivity index (χ1n) is 12.9. The molecule has 204 valence electrons. The van der Waals surface area contributed by atoms with Crippen molar-refractivity contribution < 1.29 is 24.1 Å². The number of aliphatic hydroxyl groups excluding tert-OH is 1. The van der Waals surface area contributed by atoms with E-state index in [-0.39, 0.29) is 35.4 Å². The zero-order chi connectivity index (χ0) is 27.2. The summed E-state index contributed by atoms with van der Waals surface area (Å²) >= 11 is 1.80. The Bertz CT molecular complexity index is 1020. The Morgan fingerprint density at radius 2 is 1.32 bits per heavy atom. The molecule has 5 atom stereocenters. The molecule has 0 bridgehead atoms. The largest absolute Gasteiger partial charge is 0.392 e. The van der Waals surface area contributed by atoms with Crippen molar-refractivity contribution in [2.75, 3.05) is 33.0 Å². The number of rotatable bonds is 17. The average molecular weight is 537 g/mol. The fourth-order valence-corrected chi connectivity index (χ4v) is 6.21.